The molecular formula is C28H27N5O4. The van der Waals surface area contributed by atoms with Gasteiger partial charge in [0.15, 0.2) is 0 Å². The number of anilines is 1. The van der Waals surface area contributed by atoms with E-state index in [1.54, 1.807) is 61.1 Å². The number of ether oxygens (including phenoxy) is 1. The molecule has 0 saturated carbocycles. The van der Waals surface area contributed by atoms with E-state index >= 15 is 0 Å². The van der Waals surface area contributed by atoms with Gasteiger partial charge in [-0.3, -0.25) is 19.1 Å². The Bertz CT molecular complexity index is 1520. The lowest BCUT2D eigenvalue weighted by atomic mass is 10.1. The highest BCUT2D eigenvalue weighted by atomic mass is 16.5. The molecule has 4 rings (SSSR count). The van der Waals surface area contributed by atoms with Crippen molar-refractivity contribution < 1.29 is 14.3 Å². The molecule has 0 aliphatic heterocycles. The summed E-state index contributed by atoms with van der Waals surface area (Å²) in [4.78, 5) is 37.7. The molecule has 0 aliphatic carbocycles. The number of hydrazone groups is 1. The average molecular weight is 498 g/mol. The van der Waals surface area contributed by atoms with Crippen LogP contribution in [0.2, 0.25) is 0 Å². The first-order chi connectivity index (χ1) is 17.8. The van der Waals surface area contributed by atoms with Gasteiger partial charge in [0.05, 0.1) is 17.6 Å². The molecule has 1 heterocycles. The molecule has 0 aliphatic rings. The Balaban J connectivity index is 1.37. The van der Waals surface area contributed by atoms with E-state index in [2.05, 4.69) is 15.8 Å². The number of benzene rings is 3. The Kier molecular flexibility index (Phi) is 7.63. The molecule has 3 aromatic carbocycles. The van der Waals surface area contributed by atoms with Crippen LogP contribution in [0.4, 0.5) is 5.69 Å². The summed E-state index contributed by atoms with van der Waals surface area (Å²) in [6.07, 6.45) is 1.40. The van der Waals surface area contributed by atoms with E-state index in [0.717, 1.165) is 11.1 Å². The van der Waals surface area contributed by atoms with E-state index in [1.165, 1.54) is 10.9 Å². The minimum Gasteiger partial charge on any atom is -0.489 e. The zero-order valence-electron chi connectivity index (χ0n) is 20.8. The molecule has 0 bridgehead atoms. The van der Waals surface area contributed by atoms with Crippen LogP contribution in [0.3, 0.4) is 0 Å². The van der Waals surface area contributed by atoms with Crippen molar-refractivity contribution in [3.8, 4) is 11.4 Å². The minimum atomic E-state index is -1.00. The fourth-order valence-corrected chi connectivity index (χ4v) is 3.72. The second kappa shape index (κ2) is 11.2. The van der Waals surface area contributed by atoms with E-state index in [9.17, 15) is 14.4 Å². The Hall–Kier alpha value is -4.92. The molecule has 4 aromatic rings. The number of aryl methyl sites for hydroxylation is 1. The summed E-state index contributed by atoms with van der Waals surface area (Å²) < 4.78 is 8.89. The maximum atomic E-state index is 12.9. The minimum absolute atomic E-state index is 0.0222. The Morgan fingerprint density at radius 2 is 1.68 bits per heavy atom. The van der Waals surface area contributed by atoms with Crippen molar-refractivity contribution >= 4 is 23.7 Å². The molecule has 9 nitrogen and oxygen atoms in total. The van der Waals surface area contributed by atoms with Gasteiger partial charge in [-0.25, -0.2) is 10.1 Å². The molecule has 0 atom stereocenters. The number of hydrogen-bond acceptors (Lipinski definition) is 5. The van der Waals surface area contributed by atoms with Crippen LogP contribution in [0.1, 0.15) is 22.4 Å². The number of carbonyl (C=O) groups excluding carboxylic acids is 2. The number of aromatic nitrogens is 2. The molecule has 0 saturated heterocycles. The van der Waals surface area contributed by atoms with Gasteiger partial charge < -0.3 is 10.1 Å². The zero-order valence-corrected chi connectivity index (χ0v) is 20.8. The van der Waals surface area contributed by atoms with Crippen LogP contribution >= 0.6 is 0 Å². The third-order valence-electron chi connectivity index (χ3n) is 5.89. The van der Waals surface area contributed by atoms with Crippen LogP contribution < -0.4 is 21.0 Å². The van der Waals surface area contributed by atoms with E-state index < -0.39 is 17.4 Å². The normalized spacial score (nSPS) is 10.9. The Labute approximate surface area is 214 Å². The van der Waals surface area contributed by atoms with Gasteiger partial charge in [-0.15, -0.1) is 0 Å². The molecule has 2 N–H and O–H groups in total. The van der Waals surface area contributed by atoms with Gasteiger partial charge in [-0.2, -0.15) is 5.10 Å². The lowest BCUT2D eigenvalue weighted by Gasteiger charge is -2.09. The molecule has 0 radical (unpaired) electrons. The van der Waals surface area contributed by atoms with E-state index in [-0.39, 0.29) is 5.69 Å². The third kappa shape index (κ3) is 5.84. The second-order valence-electron chi connectivity index (χ2n) is 8.38. The number of nitrogens with one attached hydrogen (secondary N) is 2. The highest BCUT2D eigenvalue weighted by molar-refractivity contribution is 6.39. The van der Waals surface area contributed by atoms with Crippen LogP contribution in [0.5, 0.6) is 5.75 Å². The van der Waals surface area contributed by atoms with Crippen molar-refractivity contribution in [2.45, 2.75) is 20.5 Å². The molecule has 9 heteroatoms. The second-order valence-corrected chi connectivity index (χ2v) is 8.38. The summed E-state index contributed by atoms with van der Waals surface area (Å²) in [6.45, 7) is 4.13. The van der Waals surface area contributed by atoms with Gasteiger partial charge in [0.25, 0.3) is 5.56 Å². The van der Waals surface area contributed by atoms with Crippen LogP contribution in [-0.4, -0.2) is 27.4 Å². The van der Waals surface area contributed by atoms with Gasteiger partial charge in [0.2, 0.25) is 0 Å². The van der Waals surface area contributed by atoms with Crippen LogP contribution in [0.25, 0.3) is 5.69 Å². The first-order valence-electron chi connectivity index (χ1n) is 11.6. The fraction of sp³-hybridized carbons (Fsp3) is 0.143. The van der Waals surface area contributed by atoms with E-state index in [0.29, 0.717) is 29.3 Å². The van der Waals surface area contributed by atoms with Crippen molar-refractivity contribution in [2.24, 2.45) is 12.1 Å². The number of hydrogen-bond donors (Lipinski definition) is 2. The predicted molar refractivity (Wildman–Crippen MR) is 142 cm³/mol. The number of nitrogens with zero attached hydrogens (tertiary/aromatic N) is 3. The van der Waals surface area contributed by atoms with Crippen molar-refractivity contribution in [2.75, 3.05) is 5.32 Å². The van der Waals surface area contributed by atoms with Crippen molar-refractivity contribution in [1.29, 1.82) is 0 Å². The molecule has 37 heavy (non-hydrogen) atoms. The monoisotopic (exact) mass is 497 g/mol. The first-order valence-corrected chi connectivity index (χ1v) is 11.6. The zero-order chi connectivity index (χ0) is 26.4. The molecule has 0 unspecified atom stereocenters. The van der Waals surface area contributed by atoms with Crippen molar-refractivity contribution in [3.63, 3.8) is 0 Å². The predicted octanol–water partition coefficient (Wildman–Crippen LogP) is 3.46. The van der Waals surface area contributed by atoms with Crippen LogP contribution in [-0.2, 0) is 23.2 Å². The van der Waals surface area contributed by atoms with E-state index in [4.69, 9.17) is 4.74 Å². The van der Waals surface area contributed by atoms with Gasteiger partial charge in [-0.1, -0.05) is 54.6 Å². The van der Waals surface area contributed by atoms with Gasteiger partial charge >= 0.3 is 11.8 Å². The maximum absolute atomic E-state index is 12.9. The number of para-hydroxylation sites is 1. The molecule has 188 valence electrons. The smallest absolute Gasteiger partial charge is 0.329 e. The van der Waals surface area contributed by atoms with Gasteiger partial charge in [0, 0.05) is 7.05 Å². The van der Waals surface area contributed by atoms with Crippen molar-refractivity contribution in [3.05, 3.63) is 112 Å². The number of carbonyl (C=O) groups is 2. The highest BCUT2D eigenvalue weighted by Crippen LogP contribution is 2.16. The number of rotatable bonds is 7. The molecule has 0 spiro atoms. The van der Waals surface area contributed by atoms with E-state index in [1.807, 2.05) is 43.3 Å². The highest BCUT2D eigenvalue weighted by Gasteiger charge is 2.21. The van der Waals surface area contributed by atoms with Gasteiger partial charge in [0.1, 0.15) is 18.0 Å². The SMILES string of the molecule is Cc1ccccc1COc1cccc(/C=N/NC(=O)C(=O)Nc2c(C)n(C)n(-c3ccccc3)c2=O)c1. The summed E-state index contributed by atoms with van der Waals surface area (Å²) in [5.41, 5.74) is 5.81. The first kappa shape index (κ1) is 25.2. The third-order valence-corrected chi connectivity index (χ3v) is 5.89. The van der Waals surface area contributed by atoms with Crippen LogP contribution in [0, 0.1) is 13.8 Å². The van der Waals surface area contributed by atoms with Crippen LogP contribution in [0.15, 0.2) is 88.8 Å². The summed E-state index contributed by atoms with van der Waals surface area (Å²) in [6, 6.07) is 24.2. The largest absolute Gasteiger partial charge is 0.489 e. The average Bonchev–Trinajstić information content (AvgIpc) is 3.11. The van der Waals surface area contributed by atoms with Crippen molar-refractivity contribution in [1.82, 2.24) is 14.8 Å². The molecule has 1 aromatic heterocycles. The lowest BCUT2D eigenvalue weighted by Crippen LogP contribution is -2.34. The summed E-state index contributed by atoms with van der Waals surface area (Å²) in [5.74, 6) is -1.36. The molecule has 2 amide bonds. The molecule has 0 fully saturated rings. The summed E-state index contributed by atoms with van der Waals surface area (Å²) >= 11 is 0. The number of amides is 2. The Morgan fingerprint density at radius 1 is 0.946 bits per heavy atom. The summed E-state index contributed by atoms with van der Waals surface area (Å²) in [7, 11) is 1.70. The summed E-state index contributed by atoms with van der Waals surface area (Å²) in [5, 5.41) is 6.27. The van der Waals surface area contributed by atoms with Gasteiger partial charge in [-0.05, 0) is 54.8 Å². The topological polar surface area (TPSA) is 107 Å². The quantitative estimate of drug-likeness (QED) is 0.232. The Morgan fingerprint density at radius 3 is 2.43 bits per heavy atom. The lowest BCUT2D eigenvalue weighted by molar-refractivity contribution is -0.136. The standard InChI is InChI=1S/C28H27N5O4/c1-19-10-7-8-12-22(19)18-37-24-15-9-11-21(16-24)17-29-31-27(35)26(34)30-25-20(2)32(3)33(28(25)36)23-13-5-4-6-14-23/h4-17H,18H2,1-3H3,(H,30,34)(H,31,35)/b29-17+. The fourth-order valence-electron chi connectivity index (χ4n) is 3.72. The maximum Gasteiger partial charge on any atom is 0.329 e. The molecular weight excluding hydrogens is 470 g/mol.